The molecule has 3 heteroatoms. The molecule has 1 N–H and O–H groups in total. The van der Waals surface area contributed by atoms with Crippen molar-refractivity contribution in [2.24, 2.45) is 0 Å². The molecule has 1 unspecified atom stereocenters. The molecule has 0 saturated carbocycles. The topological polar surface area (TPSA) is 35.8 Å². The Balaban J connectivity index is 3.48. The Bertz CT molecular complexity index is 225. The van der Waals surface area contributed by atoms with Gasteiger partial charge in [-0.15, -0.1) is 0 Å². The summed E-state index contributed by atoms with van der Waals surface area (Å²) in [6, 6.07) is 2.41. The maximum absolute atomic E-state index is 9.19. The molecule has 0 bridgehead atoms. The minimum atomic E-state index is -0.317. The molecule has 1 atom stereocenters. The van der Waals surface area contributed by atoms with Crippen LogP contribution in [0.5, 0.6) is 0 Å². The second-order valence-corrected chi connectivity index (χ2v) is 6.37. The van der Waals surface area contributed by atoms with Crippen molar-refractivity contribution in [3.05, 3.63) is 0 Å². The van der Waals surface area contributed by atoms with E-state index in [0.29, 0.717) is 0 Å². The highest BCUT2D eigenvalue weighted by molar-refractivity contribution is 7.99. The summed E-state index contributed by atoms with van der Waals surface area (Å²) in [6.07, 6.45) is 8.48. The maximum atomic E-state index is 9.19. The third kappa shape index (κ3) is 9.79. The van der Waals surface area contributed by atoms with E-state index in [0.717, 1.165) is 25.8 Å². The van der Waals surface area contributed by atoms with Gasteiger partial charge in [-0.05, 0) is 57.1 Å². The zero-order valence-electron chi connectivity index (χ0n) is 12.4. The number of hydrogen-bond acceptors (Lipinski definition) is 3. The van der Waals surface area contributed by atoms with E-state index in [2.05, 4.69) is 37.0 Å². The first-order valence-electron chi connectivity index (χ1n) is 7.42. The molecule has 0 aromatic carbocycles. The van der Waals surface area contributed by atoms with E-state index in [-0.39, 0.29) is 5.54 Å². The monoisotopic (exact) mass is 270 g/mol. The molecule has 0 saturated heterocycles. The van der Waals surface area contributed by atoms with Crippen LogP contribution in [0.1, 0.15) is 65.7 Å². The smallest absolute Gasteiger partial charge is 0.103 e. The Labute approximate surface area is 118 Å². The number of unbranched alkanes of at least 4 members (excludes halogenated alkanes) is 3. The van der Waals surface area contributed by atoms with Crippen molar-refractivity contribution in [3.63, 3.8) is 0 Å². The Morgan fingerprint density at radius 1 is 1.06 bits per heavy atom. The molecule has 0 aromatic rings. The van der Waals surface area contributed by atoms with E-state index in [1.165, 1.54) is 37.2 Å². The predicted octanol–water partition coefficient (Wildman–Crippen LogP) is 4.36. The summed E-state index contributed by atoms with van der Waals surface area (Å²) in [6.45, 7) is 7.35. The molecule has 0 amide bonds. The molecule has 0 heterocycles. The highest BCUT2D eigenvalue weighted by Crippen LogP contribution is 2.15. The zero-order chi connectivity index (χ0) is 13.7. The van der Waals surface area contributed by atoms with Crippen LogP contribution in [-0.2, 0) is 0 Å². The maximum Gasteiger partial charge on any atom is 0.103 e. The average molecular weight is 270 g/mol. The van der Waals surface area contributed by atoms with Crippen molar-refractivity contribution in [2.45, 2.75) is 71.3 Å². The van der Waals surface area contributed by atoms with E-state index < -0.39 is 0 Å². The number of nitrogens with zero attached hydrogens (tertiary/aromatic N) is 1. The summed E-state index contributed by atoms with van der Waals surface area (Å²) < 4.78 is 0. The van der Waals surface area contributed by atoms with Crippen LogP contribution in [0.3, 0.4) is 0 Å². The van der Waals surface area contributed by atoms with Crippen molar-refractivity contribution in [1.29, 1.82) is 5.26 Å². The van der Waals surface area contributed by atoms with Crippen LogP contribution >= 0.6 is 11.8 Å². The lowest BCUT2D eigenvalue weighted by atomic mass is 9.96. The molecule has 0 radical (unpaired) electrons. The van der Waals surface area contributed by atoms with Crippen LogP contribution in [0.2, 0.25) is 0 Å². The van der Waals surface area contributed by atoms with E-state index in [4.69, 9.17) is 0 Å². The van der Waals surface area contributed by atoms with Gasteiger partial charge in [-0.2, -0.15) is 17.0 Å². The van der Waals surface area contributed by atoms with Gasteiger partial charge in [-0.3, -0.25) is 5.32 Å². The highest BCUT2D eigenvalue weighted by atomic mass is 32.2. The van der Waals surface area contributed by atoms with Crippen LogP contribution in [0.4, 0.5) is 0 Å². The van der Waals surface area contributed by atoms with Gasteiger partial charge < -0.3 is 0 Å². The zero-order valence-corrected chi connectivity index (χ0v) is 13.2. The molecule has 0 aliphatic heterocycles. The largest absolute Gasteiger partial charge is 0.300 e. The first-order chi connectivity index (χ1) is 8.68. The molecule has 106 valence electrons. The Kier molecular flexibility index (Phi) is 11.7. The number of nitriles is 1. The summed E-state index contributed by atoms with van der Waals surface area (Å²) in [5.74, 6) is 2.55. The van der Waals surface area contributed by atoms with Crippen LogP contribution in [0.25, 0.3) is 0 Å². The van der Waals surface area contributed by atoms with Gasteiger partial charge in [0.2, 0.25) is 0 Å². The van der Waals surface area contributed by atoms with E-state index in [1.54, 1.807) is 0 Å². The Morgan fingerprint density at radius 2 is 1.72 bits per heavy atom. The van der Waals surface area contributed by atoms with E-state index in [9.17, 15) is 5.26 Å². The quantitative estimate of drug-likeness (QED) is 0.535. The first-order valence-corrected chi connectivity index (χ1v) is 8.58. The van der Waals surface area contributed by atoms with Gasteiger partial charge in [-0.1, -0.05) is 26.7 Å². The molecule has 0 fully saturated rings. The Hall–Kier alpha value is -0.200. The molecular formula is C15H30N2S. The number of hydrogen-bond donors (Lipinski definition) is 1. The minimum Gasteiger partial charge on any atom is -0.300 e. The lowest BCUT2D eigenvalue weighted by molar-refractivity contribution is 0.406. The standard InChI is InChI=1S/C15H30N2S/c1-4-6-8-12-18-13-9-7-10-15(3,14-16)17-11-5-2/h17H,4-13H2,1-3H3. The van der Waals surface area contributed by atoms with Crippen molar-refractivity contribution < 1.29 is 0 Å². The van der Waals surface area contributed by atoms with Crippen molar-refractivity contribution >= 4 is 11.8 Å². The van der Waals surface area contributed by atoms with Gasteiger partial charge in [0.1, 0.15) is 5.54 Å². The third-order valence-electron chi connectivity index (χ3n) is 3.12. The predicted molar refractivity (Wildman–Crippen MR) is 83.0 cm³/mol. The first kappa shape index (κ1) is 17.8. The fourth-order valence-corrected chi connectivity index (χ4v) is 2.84. The summed E-state index contributed by atoms with van der Waals surface area (Å²) in [5, 5.41) is 12.5. The second kappa shape index (κ2) is 11.9. The molecule has 0 rings (SSSR count). The second-order valence-electron chi connectivity index (χ2n) is 5.15. The number of nitrogens with one attached hydrogen (secondary N) is 1. The highest BCUT2D eigenvalue weighted by Gasteiger charge is 2.21. The van der Waals surface area contributed by atoms with Crippen LogP contribution in [0.15, 0.2) is 0 Å². The van der Waals surface area contributed by atoms with Crippen LogP contribution in [0, 0.1) is 11.3 Å². The average Bonchev–Trinajstić information content (AvgIpc) is 2.39. The van der Waals surface area contributed by atoms with Gasteiger partial charge in [0, 0.05) is 0 Å². The normalized spacial score (nSPS) is 14.1. The van der Waals surface area contributed by atoms with Gasteiger partial charge >= 0.3 is 0 Å². The number of rotatable bonds is 12. The lowest BCUT2D eigenvalue weighted by Gasteiger charge is -2.22. The SMILES string of the molecule is CCCCCSCCCCC(C)(C#N)NCCC. The van der Waals surface area contributed by atoms with Gasteiger partial charge in [-0.25, -0.2) is 0 Å². The lowest BCUT2D eigenvalue weighted by Crippen LogP contribution is -2.41. The summed E-state index contributed by atoms with van der Waals surface area (Å²) in [7, 11) is 0. The molecule has 0 aliphatic carbocycles. The van der Waals surface area contributed by atoms with Crippen LogP contribution in [-0.4, -0.2) is 23.6 Å². The van der Waals surface area contributed by atoms with Crippen molar-refractivity contribution in [1.82, 2.24) is 5.32 Å². The minimum absolute atomic E-state index is 0.317. The third-order valence-corrected chi connectivity index (χ3v) is 4.27. The van der Waals surface area contributed by atoms with Crippen molar-refractivity contribution in [2.75, 3.05) is 18.1 Å². The molecule has 0 aromatic heterocycles. The van der Waals surface area contributed by atoms with E-state index >= 15 is 0 Å². The summed E-state index contributed by atoms with van der Waals surface area (Å²) in [5.41, 5.74) is -0.317. The number of thioether (sulfide) groups is 1. The van der Waals surface area contributed by atoms with Gasteiger partial charge in [0.15, 0.2) is 0 Å². The van der Waals surface area contributed by atoms with Crippen molar-refractivity contribution in [3.8, 4) is 6.07 Å². The molecular weight excluding hydrogens is 240 g/mol. The summed E-state index contributed by atoms with van der Waals surface area (Å²) >= 11 is 2.07. The molecule has 18 heavy (non-hydrogen) atoms. The van der Waals surface area contributed by atoms with E-state index in [1.807, 2.05) is 6.92 Å². The molecule has 0 spiro atoms. The fraction of sp³-hybridized carbons (Fsp3) is 0.933. The fourth-order valence-electron chi connectivity index (χ4n) is 1.82. The Morgan fingerprint density at radius 3 is 2.28 bits per heavy atom. The molecule has 2 nitrogen and oxygen atoms in total. The van der Waals surface area contributed by atoms with Gasteiger partial charge in [0.05, 0.1) is 6.07 Å². The van der Waals surface area contributed by atoms with Gasteiger partial charge in [0.25, 0.3) is 0 Å². The van der Waals surface area contributed by atoms with Crippen LogP contribution < -0.4 is 5.32 Å². The molecule has 0 aliphatic rings. The summed E-state index contributed by atoms with van der Waals surface area (Å²) in [4.78, 5) is 0.